The summed E-state index contributed by atoms with van der Waals surface area (Å²) < 4.78 is 5.27. The van der Waals surface area contributed by atoms with E-state index in [1.807, 2.05) is 19.1 Å². The maximum absolute atomic E-state index is 12.5. The molecule has 0 radical (unpaired) electrons. The van der Waals surface area contributed by atoms with Gasteiger partial charge in [0.25, 0.3) is 0 Å². The minimum Gasteiger partial charge on any atom is -0.495 e. The van der Waals surface area contributed by atoms with E-state index in [9.17, 15) is 9.59 Å². The fraction of sp³-hybridized carbons (Fsp3) is 0.263. The standard InChI is InChI=1S/C19H21ClN2O3/c1-12-4-9-18(25-3)17(10-12)22-19(24)11-16(21-13(2)23)14-5-7-15(20)8-6-14/h4-10,16H,11H2,1-3H3,(H,21,23)(H,22,24). The Morgan fingerprint density at radius 3 is 2.44 bits per heavy atom. The van der Waals surface area contributed by atoms with Gasteiger partial charge >= 0.3 is 0 Å². The molecule has 0 aliphatic heterocycles. The number of halogens is 1. The summed E-state index contributed by atoms with van der Waals surface area (Å²) in [5, 5.41) is 6.24. The van der Waals surface area contributed by atoms with E-state index in [-0.39, 0.29) is 18.2 Å². The number of carbonyl (C=O) groups excluding carboxylic acids is 2. The molecule has 1 unspecified atom stereocenters. The Balaban J connectivity index is 2.15. The molecule has 2 amide bonds. The van der Waals surface area contributed by atoms with Crippen molar-refractivity contribution in [3.8, 4) is 5.75 Å². The number of anilines is 1. The maximum atomic E-state index is 12.5. The number of amides is 2. The van der Waals surface area contributed by atoms with E-state index in [0.29, 0.717) is 16.5 Å². The number of aryl methyl sites for hydroxylation is 1. The van der Waals surface area contributed by atoms with E-state index in [1.54, 1.807) is 37.4 Å². The molecule has 5 nitrogen and oxygen atoms in total. The van der Waals surface area contributed by atoms with E-state index in [1.165, 1.54) is 6.92 Å². The van der Waals surface area contributed by atoms with Crippen molar-refractivity contribution in [2.75, 3.05) is 12.4 Å². The van der Waals surface area contributed by atoms with Gasteiger partial charge in [-0.25, -0.2) is 0 Å². The molecule has 1 atom stereocenters. The predicted octanol–water partition coefficient (Wildman–Crippen LogP) is 3.86. The molecule has 2 rings (SSSR count). The molecular weight excluding hydrogens is 340 g/mol. The van der Waals surface area contributed by atoms with Gasteiger partial charge in [0.2, 0.25) is 11.8 Å². The predicted molar refractivity (Wildman–Crippen MR) is 99.0 cm³/mol. The van der Waals surface area contributed by atoms with Gasteiger partial charge in [0.05, 0.1) is 25.3 Å². The van der Waals surface area contributed by atoms with Crippen molar-refractivity contribution in [2.45, 2.75) is 26.3 Å². The maximum Gasteiger partial charge on any atom is 0.226 e. The lowest BCUT2D eigenvalue weighted by Crippen LogP contribution is -2.29. The highest BCUT2D eigenvalue weighted by Crippen LogP contribution is 2.26. The summed E-state index contributed by atoms with van der Waals surface area (Å²) >= 11 is 5.90. The molecule has 25 heavy (non-hydrogen) atoms. The van der Waals surface area contributed by atoms with Crippen LogP contribution in [-0.4, -0.2) is 18.9 Å². The van der Waals surface area contributed by atoms with Crippen LogP contribution < -0.4 is 15.4 Å². The highest BCUT2D eigenvalue weighted by Gasteiger charge is 2.18. The average Bonchev–Trinajstić information content (AvgIpc) is 2.54. The average molecular weight is 361 g/mol. The SMILES string of the molecule is COc1ccc(C)cc1NC(=O)CC(NC(C)=O)c1ccc(Cl)cc1. The van der Waals surface area contributed by atoms with Gasteiger partial charge in [0.1, 0.15) is 5.75 Å². The zero-order valence-corrected chi connectivity index (χ0v) is 15.2. The Bertz CT molecular complexity index is 760. The third-order valence-corrected chi connectivity index (χ3v) is 3.92. The second-order valence-corrected chi connectivity index (χ2v) is 6.20. The number of hydrogen-bond acceptors (Lipinski definition) is 3. The molecule has 2 N–H and O–H groups in total. The molecular formula is C19H21ClN2O3. The minimum atomic E-state index is -0.439. The fourth-order valence-electron chi connectivity index (χ4n) is 2.50. The largest absolute Gasteiger partial charge is 0.495 e. The molecule has 0 bridgehead atoms. The molecule has 6 heteroatoms. The molecule has 0 aliphatic carbocycles. The number of ether oxygens (including phenoxy) is 1. The molecule has 0 fully saturated rings. The lowest BCUT2D eigenvalue weighted by atomic mass is 10.0. The highest BCUT2D eigenvalue weighted by molar-refractivity contribution is 6.30. The lowest BCUT2D eigenvalue weighted by molar-refractivity contribution is -0.120. The number of rotatable bonds is 6. The zero-order valence-electron chi connectivity index (χ0n) is 14.4. The number of methoxy groups -OCH3 is 1. The summed E-state index contributed by atoms with van der Waals surface area (Å²) in [6.45, 7) is 3.35. The third kappa shape index (κ3) is 5.50. The summed E-state index contributed by atoms with van der Waals surface area (Å²) in [5.41, 5.74) is 2.42. The number of benzene rings is 2. The third-order valence-electron chi connectivity index (χ3n) is 3.67. The molecule has 0 spiro atoms. The van der Waals surface area contributed by atoms with Crippen LogP contribution in [0.5, 0.6) is 5.75 Å². The Morgan fingerprint density at radius 1 is 1.16 bits per heavy atom. The Morgan fingerprint density at radius 2 is 1.84 bits per heavy atom. The topological polar surface area (TPSA) is 67.4 Å². The van der Waals surface area contributed by atoms with Crippen LogP contribution in [0.2, 0.25) is 5.02 Å². The van der Waals surface area contributed by atoms with Crippen LogP contribution in [0.25, 0.3) is 0 Å². The Kier molecular flexibility index (Phi) is 6.42. The van der Waals surface area contributed by atoms with E-state index >= 15 is 0 Å². The number of hydrogen-bond donors (Lipinski definition) is 2. The van der Waals surface area contributed by atoms with Gasteiger partial charge in [-0.05, 0) is 42.3 Å². The van der Waals surface area contributed by atoms with Crippen molar-refractivity contribution < 1.29 is 14.3 Å². The van der Waals surface area contributed by atoms with E-state index in [4.69, 9.17) is 16.3 Å². The van der Waals surface area contributed by atoms with Crippen LogP contribution in [0.4, 0.5) is 5.69 Å². The van der Waals surface area contributed by atoms with Crippen molar-refractivity contribution in [3.05, 3.63) is 58.6 Å². The van der Waals surface area contributed by atoms with E-state index in [0.717, 1.165) is 11.1 Å². The second kappa shape index (κ2) is 8.53. The summed E-state index contributed by atoms with van der Waals surface area (Å²) in [6.07, 6.45) is 0.0955. The fourth-order valence-corrected chi connectivity index (χ4v) is 2.62. The van der Waals surface area contributed by atoms with Crippen molar-refractivity contribution in [3.63, 3.8) is 0 Å². The summed E-state index contributed by atoms with van der Waals surface area (Å²) in [7, 11) is 1.55. The van der Waals surface area contributed by atoms with Gasteiger partial charge in [0, 0.05) is 11.9 Å². The molecule has 2 aromatic rings. The summed E-state index contributed by atoms with van der Waals surface area (Å²) in [5.74, 6) is 0.153. The van der Waals surface area contributed by atoms with E-state index < -0.39 is 6.04 Å². The van der Waals surface area contributed by atoms with Crippen molar-refractivity contribution in [2.24, 2.45) is 0 Å². The van der Waals surface area contributed by atoms with E-state index in [2.05, 4.69) is 10.6 Å². The number of carbonyl (C=O) groups is 2. The molecule has 2 aromatic carbocycles. The monoisotopic (exact) mass is 360 g/mol. The zero-order chi connectivity index (χ0) is 18.4. The first-order chi connectivity index (χ1) is 11.9. The van der Waals surface area contributed by atoms with Gasteiger partial charge in [0.15, 0.2) is 0 Å². The molecule has 132 valence electrons. The van der Waals surface area contributed by atoms with Crippen LogP contribution in [0.1, 0.15) is 30.5 Å². The van der Waals surface area contributed by atoms with Gasteiger partial charge in [-0.3, -0.25) is 9.59 Å². The summed E-state index contributed by atoms with van der Waals surface area (Å²) in [4.78, 5) is 24.0. The first-order valence-electron chi connectivity index (χ1n) is 7.86. The van der Waals surface area contributed by atoms with Crippen molar-refractivity contribution in [1.29, 1.82) is 0 Å². The quantitative estimate of drug-likeness (QED) is 0.821. The molecule has 0 saturated carbocycles. The lowest BCUT2D eigenvalue weighted by Gasteiger charge is -2.19. The van der Waals surface area contributed by atoms with Crippen LogP contribution in [0.3, 0.4) is 0 Å². The number of nitrogens with one attached hydrogen (secondary N) is 2. The second-order valence-electron chi connectivity index (χ2n) is 5.76. The summed E-state index contributed by atoms with van der Waals surface area (Å²) in [6, 6.07) is 12.2. The van der Waals surface area contributed by atoms with Crippen LogP contribution in [-0.2, 0) is 9.59 Å². The molecule has 0 aliphatic rings. The highest BCUT2D eigenvalue weighted by atomic mass is 35.5. The first-order valence-corrected chi connectivity index (χ1v) is 8.24. The van der Waals surface area contributed by atoms with Crippen molar-refractivity contribution in [1.82, 2.24) is 5.32 Å². The van der Waals surface area contributed by atoms with Crippen molar-refractivity contribution >= 4 is 29.1 Å². The van der Waals surface area contributed by atoms with Crippen LogP contribution in [0, 0.1) is 6.92 Å². The minimum absolute atomic E-state index is 0.0955. The molecule has 0 aromatic heterocycles. The van der Waals surface area contributed by atoms with Gasteiger partial charge in [-0.15, -0.1) is 0 Å². The Hall–Kier alpha value is -2.53. The molecule has 0 heterocycles. The van der Waals surface area contributed by atoms with Gasteiger partial charge < -0.3 is 15.4 Å². The van der Waals surface area contributed by atoms with Crippen LogP contribution >= 0.6 is 11.6 Å². The smallest absolute Gasteiger partial charge is 0.226 e. The first kappa shape index (κ1) is 18.8. The molecule has 0 saturated heterocycles. The van der Waals surface area contributed by atoms with Crippen LogP contribution in [0.15, 0.2) is 42.5 Å². The normalized spacial score (nSPS) is 11.5. The van der Waals surface area contributed by atoms with Gasteiger partial charge in [-0.1, -0.05) is 29.8 Å². The van der Waals surface area contributed by atoms with Gasteiger partial charge in [-0.2, -0.15) is 0 Å². The Labute approximate surface area is 152 Å².